The van der Waals surface area contributed by atoms with E-state index in [9.17, 15) is 4.79 Å². The number of anilines is 1. The van der Waals surface area contributed by atoms with Crippen LogP contribution >= 0.6 is 0 Å². The lowest BCUT2D eigenvalue weighted by molar-refractivity contribution is -0.155. The van der Waals surface area contributed by atoms with E-state index in [1.807, 2.05) is 27.8 Å². The molecule has 1 aliphatic carbocycles. The minimum Gasteiger partial charge on any atom is -0.469 e. The standard InChI is InChI=1S/C17H25N5O3/c1-17(2,3)25-13-7-11(10(13)6-14(23)24-5)21-16-15-12(18-9-19-16)8-20-22(15)4/h8-11,13H,6-7H2,1-5H3,(H,18,19,21)/t10-,11+,13-/m1/s1. The summed E-state index contributed by atoms with van der Waals surface area (Å²) in [5.41, 5.74) is 1.37. The van der Waals surface area contributed by atoms with Gasteiger partial charge in [-0.05, 0) is 27.2 Å². The fraction of sp³-hybridized carbons (Fsp3) is 0.647. The summed E-state index contributed by atoms with van der Waals surface area (Å²) in [6.07, 6.45) is 4.36. The van der Waals surface area contributed by atoms with Gasteiger partial charge in [-0.3, -0.25) is 9.48 Å². The Kier molecular flexibility index (Phi) is 4.64. The van der Waals surface area contributed by atoms with E-state index in [1.54, 1.807) is 10.9 Å². The van der Waals surface area contributed by atoms with Gasteiger partial charge in [0.2, 0.25) is 0 Å². The van der Waals surface area contributed by atoms with Crippen LogP contribution < -0.4 is 5.32 Å². The molecule has 1 N–H and O–H groups in total. The van der Waals surface area contributed by atoms with E-state index in [4.69, 9.17) is 9.47 Å². The molecule has 1 aliphatic rings. The van der Waals surface area contributed by atoms with Gasteiger partial charge in [-0.1, -0.05) is 0 Å². The van der Waals surface area contributed by atoms with Crippen molar-refractivity contribution in [1.82, 2.24) is 19.7 Å². The molecule has 0 spiro atoms. The molecule has 2 heterocycles. The molecular formula is C17H25N5O3. The monoisotopic (exact) mass is 347 g/mol. The molecule has 136 valence electrons. The smallest absolute Gasteiger partial charge is 0.305 e. The lowest BCUT2D eigenvalue weighted by atomic mass is 9.74. The first-order valence-corrected chi connectivity index (χ1v) is 8.42. The van der Waals surface area contributed by atoms with Crippen molar-refractivity contribution in [2.75, 3.05) is 12.4 Å². The Morgan fingerprint density at radius 2 is 2.16 bits per heavy atom. The lowest BCUT2D eigenvalue weighted by Gasteiger charge is -2.47. The van der Waals surface area contributed by atoms with Crippen LogP contribution in [0.1, 0.15) is 33.6 Å². The highest BCUT2D eigenvalue weighted by Crippen LogP contribution is 2.38. The third kappa shape index (κ3) is 3.73. The Balaban J connectivity index is 1.78. The molecule has 25 heavy (non-hydrogen) atoms. The van der Waals surface area contributed by atoms with E-state index in [-0.39, 0.29) is 29.6 Å². The molecule has 8 nitrogen and oxygen atoms in total. The Hall–Kier alpha value is -2.22. The number of methoxy groups -OCH3 is 1. The van der Waals surface area contributed by atoms with Crippen LogP contribution in [0.25, 0.3) is 11.0 Å². The van der Waals surface area contributed by atoms with Gasteiger partial charge in [-0.25, -0.2) is 9.97 Å². The number of ether oxygens (including phenoxy) is 2. The minimum atomic E-state index is -0.256. The predicted molar refractivity (Wildman–Crippen MR) is 93.1 cm³/mol. The molecule has 0 bridgehead atoms. The van der Waals surface area contributed by atoms with Crippen molar-refractivity contribution < 1.29 is 14.3 Å². The Morgan fingerprint density at radius 1 is 1.40 bits per heavy atom. The summed E-state index contributed by atoms with van der Waals surface area (Å²) >= 11 is 0. The quantitative estimate of drug-likeness (QED) is 0.826. The first kappa shape index (κ1) is 17.6. The second kappa shape index (κ2) is 6.59. The molecule has 0 aromatic carbocycles. The fourth-order valence-electron chi connectivity index (χ4n) is 3.25. The van der Waals surface area contributed by atoms with Crippen LogP contribution in [0.4, 0.5) is 5.82 Å². The highest BCUT2D eigenvalue weighted by molar-refractivity contribution is 5.85. The largest absolute Gasteiger partial charge is 0.469 e. The summed E-state index contributed by atoms with van der Waals surface area (Å²) in [6, 6.07) is 0.0828. The zero-order valence-electron chi connectivity index (χ0n) is 15.3. The summed E-state index contributed by atoms with van der Waals surface area (Å²) in [4.78, 5) is 20.4. The Morgan fingerprint density at radius 3 is 2.84 bits per heavy atom. The summed E-state index contributed by atoms with van der Waals surface area (Å²) in [6.45, 7) is 6.06. The number of fused-ring (bicyclic) bond motifs is 1. The highest BCUT2D eigenvalue weighted by Gasteiger charge is 2.45. The van der Waals surface area contributed by atoms with E-state index in [1.165, 1.54) is 13.4 Å². The zero-order valence-corrected chi connectivity index (χ0v) is 15.3. The molecule has 8 heteroatoms. The molecule has 1 fully saturated rings. The third-order valence-corrected chi connectivity index (χ3v) is 4.47. The van der Waals surface area contributed by atoms with E-state index in [0.717, 1.165) is 23.3 Å². The molecule has 1 saturated carbocycles. The second-order valence-electron chi connectivity index (χ2n) is 7.42. The Labute approximate surface area is 146 Å². The maximum absolute atomic E-state index is 11.8. The number of hydrogen-bond acceptors (Lipinski definition) is 7. The van der Waals surface area contributed by atoms with Gasteiger partial charge in [0.1, 0.15) is 17.4 Å². The fourth-order valence-corrected chi connectivity index (χ4v) is 3.25. The maximum Gasteiger partial charge on any atom is 0.305 e. The molecule has 2 aromatic rings. The zero-order chi connectivity index (χ0) is 18.2. The van der Waals surface area contributed by atoms with Crippen molar-refractivity contribution in [2.24, 2.45) is 13.0 Å². The number of carbonyl (C=O) groups excluding carboxylic acids is 1. The summed E-state index contributed by atoms with van der Waals surface area (Å²) < 4.78 is 12.7. The average Bonchev–Trinajstić information content (AvgIpc) is 2.92. The molecule has 0 amide bonds. The molecule has 0 saturated heterocycles. The van der Waals surface area contributed by atoms with Crippen LogP contribution in [0.2, 0.25) is 0 Å². The molecular weight excluding hydrogens is 322 g/mol. The van der Waals surface area contributed by atoms with Crippen LogP contribution in [0.3, 0.4) is 0 Å². The van der Waals surface area contributed by atoms with Crippen molar-refractivity contribution in [2.45, 2.75) is 51.4 Å². The first-order chi connectivity index (χ1) is 11.8. The summed E-state index contributed by atoms with van der Waals surface area (Å²) in [5.74, 6) is 0.524. The Bertz CT molecular complexity index is 767. The number of aryl methyl sites for hydroxylation is 1. The van der Waals surface area contributed by atoms with Crippen LogP contribution in [-0.4, -0.2) is 50.6 Å². The third-order valence-electron chi connectivity index (χ3n) is 4.47. The van der Waals surface area contributed by atoms with Crippen LogP contribution in [0, 0.1) is 5.92 Å². The topological polar surface area (TPSA) is 91.2 Å². The van der Waals surface area contributed by atoms with Gasteiger partial charge < -0.3 is 14.8 Å². The lowest BCUT2D eigenvalue weighted by Crippen LogP contribution is -2.54. The van der Waals surface area contributed by atoms with Gasteiger partial charge >= 0.3 is 5.97 Å². The summed E-state index contributed by atoms with van der Waals surface area (Å²) in [5, 5.41) is 7.67. The normalized spacial score (nSPS) is 23.3. The molecule has 0 radical (unpaired) electrons. The molecule has 3 atom stereocenters. The van der Waals surface area contributed by atoms with Crippen LogP contribution in [-0.2, 0) is 21.3 Å². The minimum absolute atomic E-state index is 0.0143. The number of esters is 1. The van der Waals surface area contributed by atoms with Crippen LogP contribution in [0.5, 0.6) is 0 Å². The van der Waals surface area contributed by atoms with E-state index < -0.39 is 0 Å². The van der Waals surface area contributed by atoms with Crippen molar-refractivity contribution in [1.29, 1.82) is 0 Å². The summed E-state index contributed by atoms with van der Waals surface area (Å²) in [7, 11) is 3.27. The van der Waals surface area contributed by atoms with Gasteiger partial charge in [0, 0.05) is 19.0 Å². The maximum atomic E-state index is 11.8. The number of carbonyl (C=O) groups is 1. The first-order valence-electron chi connectivity index (χ1n) is 8.42. The molecule has 0 aliphatic heterocycles. The van der Waals surface area contributed by atoms with Gasteiger partial charge in [0.25, 0.3) is 0 Å². The SMILES string of the molecule is COC(=O)C[C@@H]1[C@@H](Nc2ncnc3cnn(C)c23)C[C@H]1OC(C)(C)C. The number of aromatic nitrogens is 4. The highest BCUT2D eigenvalue weighted by atomic mass is 16.5. The van der Waals surface area contributed by atoms with Crippen molar-refractivity contribution in [3.8, 4) is 0 Å². The van der Waals surface area contributed by atoms with Gasteiger partial charge in [0.05, 0.1) is 31.4 Å². The van der Waals surface area contributed by atoms with Crippen molar-refractivity contribution in [3.63, 3.8) is 0 Å². The van der Waals surface area contributed by atoms with Gasteiger partial charge in [0.15, 0.2) is 5.82 Å². The van der Waals surface area contributed by atoms with E-state index in [2.05, 4.69) is 20.4 Å². The predicted octanol–water partition coefficient (Wildman–Crippen LogP) is 1.91. The van der Waals surface area contributed by atoms with Gasteiger partial charge in [-0.2, -0.15) is 5.10 Å². The van der Waals surface area contributed by atoms with E-state index in [0.29, 0.717) is 6.42 Å². The van der Waals surface area contributed by atoms with Crippen molar-refractivity contribution in [3.05, 3.63) is 12.5 Å². The average molecular weight is 347 g/mol. The number of nitrogens with zero attached hydrogens (tertiary/aromatic N) is 4. The molecule has 3 rings (SSSR count). The number of rotatable bonds is 5. The molecule has 2 aromatic heterocycles. The van der Waals surface area contributed by atoms with Crippen molar-refractivity contribution >= 4 is 22.8 Å². The second-order valence-corrected chi connectivity index (χ2v) is 7.42. The van der Waals surface area contributed by atoms with Crippen LogP contribution in [0.15, 0.2) is 12.5 Å². The van der Waals surface area contributed by atoms with Gasteiger partial charge in [-0.15, -0.1) is 0 Å². The number of nitrogens with one attached hydrogen (secondary N) is 1. The van der Waals surface area contributed by atoms with E-state index >= 15 is 0 Å². The number of hydrogen-bond donors (Lipinski definition) is 1. The molecule has 0 unspecified atom stereocenters.